The molecule has 1 unspecified atom stereocenters. The topological polar surface area (TPSA) is 215 Å². The Morgan fingerprint density at radius 2 is 1.33 bits per heavy atom. The summed E-state index contributed by atoms with van der Waals surface area (Å²) in [5.41, 5.74) is 10.9. The molecule has 394 valence electrons. The molecular formula is C50H65FN10O7S5. The number of carbonyl (C=O) groups excluding carboxylic acids is 4. The van der Waals surface area contributed by atoms with Crippen molar-refractivity contribution < 1.29 is 37.8 Å². The van der Waals surface area contributed by atoms with E-state index >= 15 is 4.39 Å². The molecule has 0 radical (unpaired) electrons. The van der Waals surface area contributed by atoms with Crippen molar-refractivity contribution in [3.05, 3.63) is 88.1 Å². The van der Waals surface area contributed by atoms with E-state index in [9.17, 15) is 19.2 Å². The zero-order valence-corrected chi connectivity index (χ0v) is 46.2. The summed E-state index contributed by atoms with van der Waals surface area (Å²) in [7, 11) is 2.54. The standard InChI is InChI=1S/C50H57FN10O7S.4H2S/c1-25(2)41(57-48(64)66-5)45(62)59-17-7-9-34(59)43-53-23-31(55-43)27-11-12-33-29(19-27)21-36-40-30(51)20-28(22-37(40)68-47(61(33)36)38-13-14-39(69-38)50(52)15-16-50)32-24-54-44(56-32)35-10-8-18-60(35)46(63)42(26(3)4)58-49(65)67-6;;;;/h11-14,19-26,34-35,41-42,47H,7-10,15-18,52H2,1-6H3,(H,53,55)(H,54,56)(H,57,64)(H,58,65);4*1H2/t34-,35-,41-,42-,47?;;;;/m0..../s1. The fourth-order valence-corrected chi connectivity index (χ4v) is 11.3. The van der Waals surface area contributed by atoms with Crippen molar-refractivity contribution in [3.63, 3.8) is 0 Å². The van der Waals surface area contributed by atoms with Crippen LogP contribution in [0, 0.1) is 17.7 Å². The largest absolute Gasteiger partial charge is 0.464 e. The SMILES string of the molecule is COC(=O)N[C@H](C(=O)N1CCC[C@H]1c1ncc(-c2cc(F)c3c(c2)OC(c2ccc(C4(N)CC4)s2)n2c-3cc3cc(-c4cnc([C@@H]5CCCN5C(=O)[C@@H](NC(=O)OC)C(C)C)[nH]4)ccc32)[nH]1)C(C)C.S.S.S.S. The summed E-state index contributed by atoms with van der Waals surface area (Å²) in [4.78, 5) is 73.8. The molecule has 23 heteroatoms. The summed E-state index contributed by atoms with van der Waals surface area (Å²) < 4.78 is 35.5. The number of nitrogens with two attached hydrogens (primary N) is 1. The molecule has 2 aromatic carbocycles. The van der Waals surface area contributed by atoms with Gasteiger partial charge in [0.05, 0.1) is 77.3 Å². The number of halogens is 1. The number of fused-ring (bicyclic) bond motifs is 5. The lowest BCUT2D eigenvalue weighted by atomic mass is 10.0. The van der Waals surface area contributed by atoms with Crippen LogP contribution in [0.25, 0.3) is 44.7 Å². The summed E-state index contributed by atoms with van der Waals surface area (Å²) in [6, 6.07) is 13.3. The molecule has 3 fully saturated rings. The smallest absolute Gasteiger partial charge is 0.407 e. The molecule has 3 aliphatic heterocycles. The molecule has 7 heterocycles. The van der Waals surface area contributed by atoms with Crippen LogP contribution in [0.3, 0.4) is 0 Å². The molecule has 10 rings (SSSR count). The predicted octanol–water partition coefficient (Wildman–Crippen LogP) is 8.72. The second kappa shape index (κ2) is 22.6. The Balaban J connectivity index is 0.00000217. The van der Waals surface area contributed by atoms with Gasteiger partial charge in [-0.1, -0.05) is 33.8 Å². The molecule has 5 atom stereocenters. The van der Waals surface area contributed by atoms with Gasteiger partial charge in [-0.2, -0.15) is 54.0 Å². The molecule has 6 N–H and O–H groups in total. The summed E-state index contributed by atoms with van der Waals surface area (Å²) in [6.45, 7) is 8.55. The van der Waals surface area contributed by atoms with Gasteiger partial charge in [-0.25, -0.2) is 23.9 Å². The quantitative estimate of drug-likeness (QED) is 0.0786. The van der Waals surface area contributed by atoms with Crippen molar-refractivity contribution in [2.24, 2.45) is 17.6 Å². The van der Waals surface area contributed by atoms with E-state index < -0.39 is 36.3 Å². The zero-order valence-electron chi connectivity index (χ0n) is 41.4. The third-order valence-electron chi connectivity index (χ3n) is 14.1. The van der Waals surface area contributed by atoms with Crippen LogP contribution >= 0.6 is 65.3 Å². The Bertz CT molecular complexity index is 2990. The summed E-state index contributed by atoms with van der Waals surface area (Å²) in [5.74, 6) is 0.369. The molecule has 4 aliphatic rings. The molecule has 0 spiro atoms. The van der Waals surface area contributed by atoms with Crippen molar-refractivity contribution >= 4 is 100 Å². The summed E-state index contributed by atoms with van der Waals surface area (Å²) in [5, 5.41) is 6.25. The average molecular weight is 1100 g/mol. The first-order valence-electron chi connectivity index (χ1n) is 23.6. The number of H-pyrrole nitrogens is 2. The van der Waals surface area contributed by atoms with Gasteiger partial charge in [0.15, 0.2) is 0 Å². The Labute approximate surface area is 455 Å². The first kappa shape index (κ1) is 57.0. The highest BCUT2D eigenvalue weighted by molar-refractivity contribution is 7.59. The molecular weight excluding hydrogens is 1030 g/mol. The number of aromatic nitrogens is 5. The van der Waals surface area contributed by atoms with Crippen LogP contribution in [0.4, 0.5) is 14.0 Å². The molecule has 4 amide bonds. The molecule has 1 aliphatic carbocycles. The number of rotatable bonds is 12. The number of ether oxygens (including phenoxy) is 3. The first-order chi connectivity index (χ1) is 33.2. The third-order valence-corrected chi connectivity index (χ3v) is 15.4. The first-order valence-corrected chi connectivity index (χ1v) is 24.4. The van der Waals surface area contributed by atoms with Crippen molar-refractivity contribution in [2.75, 3.05) is 27.3 Å². The van der Waals surface area contributed by atoms with E-state index in [0.29, 0.717) is 59.4 Å². The summed E-state index contributed by atoms with van der Waals surface area (Å²) >= 11 is 1.60. The zero-order chi connectivity index (χ0) is 48.5. The van der Waals surface area contributed by atoms with Crippen molar-refractivity contribution in [1.82, 2.24) is 44.9 Å². The Hall–Kier alpha value is -5.33. The average Bonchev–Trinajstić information content (AvgIpc) is 4.12. The fourth-order valence-electron chi connectivity index (χ4n) is 10.1. The maximum Gasteiger partial charge on any atom is 0.407 e. The van der Waals surface area contributed by atoms with Crippen LogP contribution in [0.2, 0.25) is 0 Å². The lowest BCUT2D eigenvalue weighted by Crippen LogP contribution is -2.51. The number of amides is 4. The number of alkyl carbamates (subject to hydrolysis) is 2. The second-order valence-corrected chi connectivity index (χ2v) is 20.4. The minimum Gasteiger partial charge on any atom is -0.464 e. The van der Waals surface area contributed by atoms with Gasteiger partial charge in [0.25, 0.3) is 0 Å². The van der Waals surface area contributed by atoms with E-state index in [1.807, 2.05) is 68.7 Å². The summed E-state index contributed by atoms with van der Waals surface area (Å²) in [6.07, 6.45) is 6.21. The number of nitrogens with one attached hydrogen (secondary N) is 4. The van der Waals surface area contributed by atoms with E-state index in [0.717, 1.165) is 64.0 Å². The Morgan fingerprint density at radius 1 is 0.781 bits per heavy atom. The highest BCUT2D eigenvalue weighted by Crippen LogP contribution is 2.51. The Morgan fingerprint density at radius 3 is 1.85 bits per heavy atom. The number of methoxy groups -OCH3 is 2. The number of nitrogens with zero attached hydrogens (tertiary/aromatic N) is 5. The molecule has 73 heavy (non-hydrogen) atoms. The van der Waals surface area contributed by atoms with E-state index in [4.69, 9.17) is 29.9 Å². The number of imidazole rings is 2. The number of aromatic amines is 2. The maximum atomic E-state index is 16.9. The third kappa shape index (κ3) is 10.7. The van der Waals surface area contributed by atoms with Crippen LogP contribution in [0.15, 0.2) is 60.9 Å². The van der Waals surface area contributed by atoms with Crippen molar-refractivity contribution in [1.29, 1.82) is 0 Å². The molecule has 2 saturated heterocycles. The van der Waals surface area contributed by atoms with Gasteiger partial charge in [0.2, 0.25) is 18.0 Å². The van der Waals surface area contributed by atoms with Gasteiger partial charge < -0.3 is 50.3 Å². The molecule has 17 nitrogen and oxygen atoms in total. The molecule has 1 saturated carbocycles. The van der Waals surface area contributed by atoms with Crippen LogP contribution in [0.1, 0.15) is 106 Å². The van der Waals surface area contributed by atoms with Gasteiger partial charge in [0.1, 0.15) is 35.3 Å². The molecule has 4 aromatic heterocycles. The van der Waals surface area contributed by atoms with Gasteiger partial charge in [-0.05, 0) is 92.8 Å². The number of hydrogen-bond acceptors (Lipinski definition) is 11. The van der Waals surface area contributed by atoms with E-state index in [-0.39, 0.29) is 95.3 Å². The Kier molecular flexibility index (Phi) is 17.7. The van der Waals surface area contributed by atoms with Gasteiger partial charge >= 0.3 is 12.2 Å². The lowest BCUT2D eigenvalue weighted by molar-refractivity contribution is -0.136. The maximum absolute atomic E-state index is 16.9. The molecule has 6 aromatic rings. The number of benzene rings is 2. The lowest BCUT2D eigenvalue weighted by Gasteiger charge is -2.30. The normalized spacial score (nSPS) is 19.0. The van der Waals surface area contributed by atoms with Crippen LogP contribution in [-0.2, 0) is 24.6 Å². The number of hydrogen-bond donors (Lipinski definition) is 5. The second-order valence-electron chi connectivity index (χ2n) is 19.3. The number of likely N-dealkylation sites (tertiary alicyclic amines) is 2. The van der Waals surface area contributed by atoms with Gasteiger partial charge in [-0.15, -0.1) is 11.3 Å². The van der Waals surface area contributed by atoms with Gasteiger partial charge in [-0.3, -0.25) is 14.2 Å². The van der Waals surface area contributed by atoms with Crippen molar-refractivity contribution in [3.8, 4) is 39.5 Å². The van der Waals surface area contributed by atoms with Crippen LogP contribution in [-0.4, -0.2) is 97.7 Å². The minimum atomic E-state index is -0.776. The predicted molar refractivity (Wildman–Crippen MR) is 298 cm³/mol. The highest BCUT2D eigenvalue weighted by Gasteiger charge is 2.43. The monoisotopic (exact) mass is 1100 g/mol. The van der Waals surface area contributed by atoms with Crippen LogP contribution < -0.4 is 21.1 Å². The number of thiophene rings is 1. The van der Waals surface area contributed by atoms with Gasteiger partial charge in [0, 0.05) is 34.5 Å². The van der Waals surface area contributed by atoms with E-state index in [1.54, 1.807) is 33.5 Å². The van der Waals surface area contributed by atoms with E-state index in [1.165, 1.54) is 20.3 Å². The minimum absolute atomic E-state index is 0. The highest BCUT2D eigenvalue weighted by atomic mass is 32.1. The van der Waals surface area contributed by atoms with Crippen LogP contribution in [0.5, 0.6) is 5.75 Å². The molecule has 0 bridgehead atoms. The fraction of sp³-hybridized carbons (Fsp3) is 0.440. The van der Waals surface area contributed by atoms with E-state index in [2.05, 4.69) is 26.7 Å². The number of carbonyl (C=O) groups is 4. The van der Waals surface area contributed by atoms with Crippen molar-refractivity contribution in [2.45, 2.75) is 102 Å².